The molecule has 2 aromatic rings. The van der Waals surface area contributed by atoms with Crippen LogP contribution in [0.5, 0.6) is 0 Å². The van der Waals surface area contributed by atoms with Gasteiger partial charge in [-0.05, 0) is 45.7 Å². The second-order valence-electron chi connectivity index (χ2n) is 8.74. The molecule has 0 radical (unpaired) electrons. The second kappa shape index (κ2) is 9.20. The molecule has 31 heavy (non-hydrogen) atoms. The molecule has 166 valence electrons. The van der Waals surface area contributed by atoms with Gasteiger partial charge in [-0.2, -0.15) is 5.10 Å². The molecular weight excluding hydrogens is 392 g/mol. The Hall–Kier alpha value is -2.71. The van der Waals surface area contributed by atoms with E-state index >= 15 is 0 Å². The lowest BCUT2D eigenvalue weighted by Gasteiger charge is -2.33. The van der Waals surface area contributed by atoms with Crippen LogP contribution in [0.4, 0.5) is 5.69 Å². The van der Waals surface area contributed by atoms with Gasteiger partial charge in [-0.1, -0.05) is 17.7 Å². The van der Waals surface area contributed by atoms with Gasteiger partial charge in [0.05, 0.1) is 35.9 Å². The number of aryl methyl sites for hydroxylation is 2. The molecule has 1 aromatic heterocycles. The van der Waals surface area contributed by atoms with Crippen molar-refractivity contribution in [3.05, 3.63) is 41.2 Å². The number of hydrogen-bond donors (Lipinski definition) is 2. The minimum absolute atomic E-state index is 0.0328. The summed E-state index contributed by atoms with van der Waals surface area (Å²) >= 11 is 0. The number of nitrogens with zero attached hydrogens (tertiary/aromatic N) is 4. The molecule has 0 spiro atoms. The predicted molar refractivity (Wildman–Crippen MR) is 120 cm³/mol. The van der Waals surface area contributed by atoms with E-state index < -0.39 is 0 Å². The molecule has 1 saturated carbocycles. The van der Waals surface area contributed by atoms with Crippen LogP contribution in [-0.2, 0) is 9.59 Å². The molecule has 4 rings (SSSR count). The number of anilines is 1. The topological polar surface area (TPSA) is 82.5 Å². The average molecular weight is 425 g/mol. The number of aromatic nitrogens is 2. The van der Waals surface area contributed by atoms with E-state index in [2.05, 4.69) is 44.6 Å². The van der Waals surface area contributed by atoms with Crippen LogP contribution in [0.1, 0.15) is 29.8 Å². The van der Waals surface area contributed by atoms with E-state index in [4.69, 9.17) is 0 Å². The Morgan fingerprint density at radius 3 is 2.10 bits per heavy atom. The SMILES string of the molecule is Cc1ccc(-n2nc(C)c(NC(=O)CN3CCN(CC(=O)NC4CC4)CC3)c2C)cc1. The molecule has 2 N–H and O–H groups in total. The number of benzene rings is 1. The summed E-state index contributed by atoms with van der Waals surface area (Å²) in [5.41, 5.74) is 4.68. The predicted octanol–water partition coefficient (Wildman–Crippen LogP) is 1.63. The van der Waals surface area contributed by atoms with Gasteiger partial charge < -0.3 is 10.6 Å². The summed E-state index contributed by atoms with van der Waals surface area (Å²) in [6.45, 7) is 9.90. The van der Waals surface area contributed by atoms with E-state index in [0.29, 0.717) is 19.1 Å². The van der Waals surface area contributed by atoms with E-state index in [1.54, 1.807) is 0 Å². The Kier molecular flexibility index (Phi) is 6.38. The summed E-state index contributed by atoms with van der Waals surface area (Å²) in [5, 5.41) is 10.7. The van der Waals surface area contributed by atoms with Crippen LogP contribution in [0, 0.1) is 20.8 Å². The quantitative estimate of drug-likeness (QED) is 0.706. The Morgan fingerprint density at radius 1 is 0.935 bits per heavy atom. The lowest BCUT2D eigenvalue weighted by molar-refractivity contribution is -0.123. The highest BCUT2D eigenvalue weighted by Gasteiger charge is 2.26. The zero-order valence-corrected chi connectivity index (χ0v) is 18.6. The van der Waals surface area contributed by atoms with Crippen molar-refractivity contribution in [2.45, 2.75) is 39.7 Å². The third-order valence-corrected chi connectivity index (χ3v) is 5.98. The fourth-order valence-electron chi connectivity index (χ4n) is 3.95. The first-order valence-electron chi connectivity index (χ1n) is 11.1. The second-order valence-corrected chi connectivity index (χ2v) is 8.74. The summed E-state index contributed by atoms with van der Waals surface area (Å²) in [6.07, 6.45) is 2.22. The molecule has 0 atom stereocenters. The molecule has 0 bridgehead atoms. The van der Waals surface area contributed by atoms with Gasteiger partial charge in [0.2, 0.25) is 11.8 Å². The van der Waals surface area contributed by atoms with Gasteiger partial charge >= 0.3 is 0 Å². The standard InChI is InChI=1S/C23H32N6O2/c1-16-4-8-20(9-5-16)29-18(3)23(17(2)26-29)25-22(31)15-28-12-10-27(11-13-28)14-21(30)24-19-6-7-19/h4-5,8-9,19H,6-7,10-15H2,1-3H3,(H,24,30)(H,25,31). The molecule has 8 nitrogen and oxygen atoms in total. The van der Waals surface area contributed by atoms with Crippen LogP contribution in [0.15, 0.2) is 24.3 Å². The maximum atomic E-state index is 12.7. The first-order chi connectivity index (χ1) is 14.9. The number of rotatable bonds is 7. The van der Waals surface area contributed by atoms with Crippen molar-refractivity contribution in [1.29, 1.82) is 0 Å². The smallest absolute Gasteiger partial charge is 0.238 e. The summed E-state index contributed by atoms with van der Waals surface area (Å²) in [4.78, 5) is 29.0. The highest BCUT2D eigenvalue weighted by Crippen LogP contribution is 2.23. The summed E-state index contributed by atoms with van der Waals surface area (Å²) in [5.74, 6) is 0.0832. The molecule has 2 aliphatic rings. The summed E-state index contributed by atoms with van der Waals surface area (Å²) in [7, 11) is 0. The monoisotopic (exact) mass is 424 g/mol. The van der Waals surface area contributed by atoms with E-state index in [-0.39, 0.29) is 11.8 Å². The van der Waals surface area contributed by atoms with E-state index in [9.17, 15) is 9.59 Å². The zero-order valence-electron chi connectivity index (χ0n) is 18.6. The van der Waals surface area contributed by atoms with Gasteiger partial charge in [0.1, 0.15) is 0 Å². The van der Waals surface area contributed by atoms with E-state index in [1.807, 2.05) is 30.7 Å². The fourth-order valence-corrected chi connectivity index (χ4v) is 3.95. The van der Waals surface area contributed by atoms with Crippen LogP contribution in [-0.4, -0.2) is 76.7 Å². The number of piperazine rings is 1. The zero-order chi connectivity index (χ0) is 22.0. The largest absolute Gasteiger partial charge is 0.352 e. The van der Waals surface area contributed by atoms with Crippen LogP contribution in [0.2, 0.25) is 0 Å². The van der Waals surface area contributed by atoms with E-state index in [1.165, 1.54) is 5.56 Å². The number of amides is 2. The molecule has 1 saturated heterocycles. The lowest BCUT2D eigenvalue weighted by Crippen LogP contribution is -2.51. The van der Waals surface area contributed by atoms with Crippen LogP contribution in [0.25, 0.3) is 5.69 Å². The molecular formula is C23H32N6O2. The molecule has 0 unspecified atom stereocenters. The van der Waals surface area contributed by atoms with Gasteiger partial charge in [-0.25, -0.2) is 4.68 Å². The minimum Gasteiger partial charge on any atom is -0.352 e. The van der Waals surface area contributed by atoms with Crippen molar-refractivity contribution < 1.29 is 9.59 Å². The molecule has 2 heterocycles. The lowest BCUT2D eigenvalue weighted by atomic mass is 10.2. The molecule has 1 aromatic carbocycles. The number of hydrogen-bond acceptors (Lipinski definition) is 5. The third-order valence-electron chi connectivity index (χ3n) is 5.98. The van der Waals surface area contributed by atoms with Crippen LogP contribution < -0.4 is 10.6 Å². The highest BCUT2D eigenvalue weighted by atomic mass is 16.2. The first-order valence-corrected chi connectivity index (χ1v) is 11.1. The van der Waals surface area contributed by atoms with Gasteiger partial charge in [0.15, 0.2) is 0 Å². The van der Waals surface area contributed by atoms with E-state index in [0.717, 1.165) is 61.8 Å². The maximum Gasteiger partial charge on any atom is 0.238 e. The minimum atomic E-state index is -0.0328. The molecule has 1 aliphatic carbocycles. The molecule has 2 fully saturated rings. The van der Waals surface area contributed by atoms with Crippen molar-refractivity contribution in [3.63, 3.8) is 0 Å². The van der Waals surface area contributed by atoms with Gasteiger partial charge in [-0.3, -0.25) is 19.4 Å². The summed E-state index contributed by atoms with van der Waals surface area (Å²) < 4.78 is 1.87. The Morgan fingerprint density at radius 2 is 1.52 bits per heavy atom. The highest BCUT2D eigenvalue weighted by molar-refractivity contribution is 5.93. The van der Waals surface area contributed by atoms with Crippen molar-refractivity contribution >= 4 is 17.5 Å². The molecule has 1 aliphatic heterocycles. The maximum absolute atomic E-state index is 12.7. The van der Waals surface area contributed by atoms with Gasteiger partial charge in [-0.15, -0.1) is 0 Å². The van der Waals surface area contributed by atoms with Crippen molar-refractivity contribution in [2.75, 3.05) is 44.6 Å². The third kappa shape index (κ3) is 5.51. The number of nitrogens with one attached hydrogen (secondary N) is 2. The van der Waals surface area contributed by atoms with Crippen LogP contribution >= 0.6 is 0 Å². The average Bonchev–Trinajstić information content (AvgIpc) is 3.51. The molecule has 8 heteroatoms. The van der Waals surface area contributed by atoms with Crippen molar-refractivity contribution in [1.82, 2.24) is 24.9 Å². The van der Waals surface area contributed by atoms with Gasteiger partial charge in [0, 0.05) is 32.2 Å². The summed E-state index contributed by atoms with van der Waals surface area (Å²) in [6, 6.07) is 8.58. The van der Waals surface area contributed by atoms with Gasteiger partial charge in [0.25, 0.3) is 0 Å². The molecule has 2 amide bonds. The van der Waals surface area contributed by atoms with Crippen molar-refractivity contribution in [3.8, 4) is 5.69 Å². The Bertz CT molecular complexity index is 940. The van der Waals surface area contributed by atoms with Crippen molar-refractivity contribution in [2.24, 2.45) is 0 Å². The number of carbonyl (C=O) groups is 2. The Labute approximate surface area is 183 Å². The number of carbonyl (C=O) groups excluding carboxylic acids is 2. The normalized spacial score (nSPS) is 17.5. The Balaban J connectivity index is 1.28. The first kappa shape index (κ1) is 21.5. The van der Waals surface area contributed by atoms with Crippen LogP contribution in [0.3, 0.4) is 0 Å². The fraction of sp³-hybridized carbons (Fsp3) is 0.522.